The molecule has 2 aliphatic rings. The SMILES string of the molecule is Cc1ccc(C)n1-c1cc(F)c(F)[c]([Ti]([C]2=CC=CC2)([C]2=CC=CC2)[c]2c(F)c(F)cc(-n3c(C)ccc3C)c2F)c1F. The van der Waals surface area contributed by atoms with Crippen molar-refractivity contribution in [3.63, 3.8) is 0 Å². The third-order valence-electron chi connectivity index (χ3n) is 8.55. The van der Waals surface area contributed by atoms with Crippen molar-refractivity contribution in [3.8, 4) is 11.4 Å². The Bertz CT molecular complexity index is 1760. The van der Waals surface area contributed by atoms with Gasteiger partial charge in [-0.3, -0.25) is 0 Å². The molecule has 0 N–H and O–H groups in total. The fourth-order valence-corrected chi connectivity index (χ4v) is 15.0. The van der Waals surface area contributed by atoms with Crippen LogP contribution in [0.25, 0.3) is 11.4 Å². The second-order valence-electron chi connectivity index (χ2n) is 11.1. The topological polar surface area (TPSA) is 9.86 Å². The molecular weight excluding hydrogens is 598 g/mol. The average Bonchev–Trinajstić information content (AvgIpc) is 3.79. The predicted molar refractivity (Wildman–Crippen MR) is 153 cm³/mol. The van der Waals surface area contributed by atoms with Gasteiger partial charge in [-0.05, 0) is 0 Å². The molecule has 0 fully saturated rings. The molecule has 0 amide bonds. The Morgan fingerprint density at radius 1 is 0.535 bits per heavy atom. The van der Waals surface area contributed by atoms with Crippen LogP contribution in [0.3, 0.4) is 0 Å². The van der Waals surface area contributed by atoms with Crippen LogP contribution in [0.15, 0.2) is 80.6 Å². The Morgan fingerprint density at radius 2 is 0.884 bits per heavy atom. The van der Waals surface area contributed by atoms with Gasteiger partial charge < -0.3 is 0 Å². The van der Waals surface area contributed by atoms with Crippen LogP contribution in [-0.4, -0.2) is 9.13 Å². The molecule has 0 radical (unpaired) electrons. The van der Waals surface area contributed by atoms with Crippen molar-refractivity contribution in [1.82, 2.24) is 9.13 Å². The summed E-state index contributed by atoms with van der Waals surface area (Å²) in [4.78, 5) is 0. The Hall–Kier alpha value is -3.75. The predicted octanol–water partition coefficient (Wildman–Crippen LogP) is 8.13. The van der Waals surface area contributed by atoms with Crippen LogP contribution >= 0.6 is 0 Å². The number of nitrogens with zero attached hydrogens (tertiary/aromatic N) is 2. The van der Waals surface area contributed by atoms with Crippen LogP contribution in [-0.2, 0) is 16.6 Å². The first kappa shape index (κ1) is 29.3. The maximum absolute atomic E-state index is 17.2. The summed E-state index contributed by atoms with van der Waals surface area (Å²) >= 11 is -5.50. The fraction of sp³-hybridized carbons (Fsp3) is 0.176. The van der Waals surface area contributed by atoms with E-state index >= 15 is 26.3 Å². The number of aromatic nitrogens is 2. The number of hydrogen-bond acceptors (Lipinski definition) is 0. The van der Waals surface area contributed by atoms with E-state index in [1.807, 2.05) is 0 Å². The molecule has 0 saturated heterocycles. The summed E-state index contributed by atoms with van der Waals surface area (Å²) < 4.78 is 101. The van der Waals surface area contributed by atoms with Gasteiger partial charge in [-0.1, -0.05) is 0 Å². The molecule has 0 unspecified atom stereocenters. The van der Waals surface area contributed by atoms with Crippen molar-refractivity contribution in [2.24, 2.45) is 0 Å². The quantitative estimate of drug-likeness (QED) is 0.116. The number of hydrogen-bond donors (Lipinski definition) is 0. The summed E-state index contributed by atoms with van der Waals surface area (Å²) in [6, 6.07) is 8.35. The first-order chi connectivity index (χ1) is 20.5. The van der Waals surface area contributed by atoms with E-state index in [4.69, 9.17) is 0 Å². The molecule has 2 heterocycles. The molecule has 0 saturated carbocycles. The summed E-state index contributed by atoms with van der Waals surface area (Å²) in [6.07, 6.45) is 10.1. The zero-order valence-corrected chi connectivity index (χ0v) is 25.6. The molecule has 4 aromatic rings. The number of aryl methyl sites for hydroxylation is 4. The van der Waals surface area contributed by atoms with E-state index in [1.165, 1.54) is 9.13 Å². The van der Waals surface area contributed by atoms with Crippen molar-refractivity contribution in [3.05, 3.63) is 138 Å². The van der Waals surface area contributed by atoms with E-state index in [1.54, 1.807) is 88.4 Å². The van der Waals surface area contributed by atoms with Gasteiger partial charge in [0.05, 0.1) is 0 Å². The minimum atomic E-state index is -5.50. The molecule has 2 aliphatic carbocycles. The monoisotopic (exact) mass is 626 g/mol. The minimum absolute atomic E-state index is 0.121. The van der Waals surface area contributed by atoms with Gasteiger partial charge in [0, 0.05) is 0 Å². The van der Waals surface area contributed by atoms with Crippen LogP contribution in [0, 0.1) is 62.6 Å². The van der Waals surface area contributed by atoms with Crippen molar-refractivity contribution in [2.45, 2.75) is 40.5 Å². The Morgan fingerprint density at radius 3 is 1.19 bits per heavy atom. The van der Waals surface area contributed by atoms with Gasteiger partial charge >= 0.3 is 250 Å². The number of allylic oxidation sites excluding steroid dienone is 8. The number of halogens is 6. The van der Waals surface area contributed by atoms with Gasteiger partial charge in [-0.2, -0.15) is 0 Å². The maximum atomic E-state index is 17.2. The van der Waals surface area contributed by atoms with E-state index < -0.39 is 59.2 Å². The van der Waals surface area contributed by atoms with E-state index in [-0.39, 0.29) is 24.2 Å². The summed E-state index contributed by atoms with van der Waals surface area (Å²) in [5.74, 6) is -8.02. The van der Waals surface area contributed by atoms with Gasteiger partial charge in [0.1, 0.15) is 0 Å². The summed E-state index contributed by atoms with van der Waals surface area (Å²) in [6.45, 7) is 6.76. The molecule has 9 heteroatoms. The molecule has 6 rings (SSSR count). The average molecular weight is 626 g/mol. The Balaban J connectivity index is 1.83. The van der Waals surface area contributed by atoms with Crippen molar-refractivity contribution in [2.75, 3.05) is 0 Å². The molecule has 2 nitrogen and oxygen atoms in total. The normalized spacial score (nSPS) is 14.7. The molecule has 220 valence electrons. The van der Waals surface area contributed by atoms with Gasteiger partial charge in [0.25, 0.3) is 0 Å². The molecule has 0 spiro atoms. The first-order valence-electron chi connectivity index (χ1n) is 13.9. The molecule has 0 aliphatic heterocycles. The summed E-state index contributed by atoms with van der Waals surface area (Å²) in [7, 11) is 0. The second kappa shape index (κ2) is 10.8. The Kier molecular flexibility index (Phi) is 7.34. The van der Waals surface area contributed by atoms with Crippen LogP contribution in [0.2, 0.25) is 0 Å². The van der Waals surface area contributed by atoms with Crippen LogP contribution in [0.1, 0.15) is 35.6 Å². The van der Waals surface area contributed by atoms with E-state index in [9.17, 15) is 0 Å². The van der Waals surface area contributed by atoms with Gasteiger partial charge in [-0.15, -0.1) is 0 Å². The van der Waals surface area contributed by atoms with Crippen LogP contribution in [0.4, 0.5) is 26.3 Å². The molecule has 43 heavy (non-hydrogen) atoms. The summed E-state index contributed by atoms with van der Waals surface area (Å²) in [5, 5.41) is 0. The fourth-order valence-electron chi connectivity index (χ4n) is 6.69. The molecule has 2 aromatic heterocycles. The summed E-state index contributed by atoms with van der Waals surface area (Å²) in [5.41, 5.74) is 1.66. The van der Waals surface area contributed by atoms with E-state index in [2.05, 4.69) is 0 Å². The molecule has 0 atom stereocenters. The first-order valence-corrected chi connectivity index (χ1v) is 17.0. The van der Waals surface area contributed by atoms with Crippen molar-refractivity contribution < 1.29 is 42.9 Å². The zero-order chi connectivity index (χ0) is 30.8. The third-order valence-corrected chi connectivity index (χ3v) is 16.4. The van der Waals surface area contributed by atoms with Crippen molar-refractivity contribution in [1.29, 1.82) is 0 Å². The zero-order valence-electron chi connectivity index (χ0n) is 24.0. The second-order valence-corrected chi connectivity index (χ2v) is 17.0. The molecular formula is C34H28F6N2Ti. The molecule has 2 aromatic carbocycles. The van der Waals surface area contributed by atoms with Gasteiger partial charge in [0.2, 0.25) is 0 Å². The number of benzene rings is 2. The van der Waals surface area contributed by atoms with E-state index in [0.717, 1.165) is 12.1 Å². The number of rotatable bonds is 6. The van der Waals surface area contributed by atoms with E-state index in [0.29, 0.717) is 30.5 Å². The van der Waals surface area contributed by atoms with Crippen molar-refractivity contribution >= 4 is 7.74 Å². The Labute approximate surface area is 249 Å². The van der Waals surface area contributed by atoms with Gasteiger partial charge in [-0.25, -0.2) is 0 Å². The standard InChI is InChI=1S/2C12H9F3N.2C5H5.Ti/c2*1-7-3-4-8(2)16(7)12-6-10(14)9(13)5-11(12)15;2*1-2-4-5-3-1;/h2*3-4,6H,1-2H3;2*1-3H,4H2;. The van der Waals surface area contributed by atoms with Crippen LogP contribution < -0.4 is 7.74 Å². The molecule has 0 bridgehead atoms. The van der Waals surface area contributed by atoms with Gasteiger partial charge in [0.15, 0.2) is 0 Å². The van der Waals surface area contributed by atoms with Crippen LogP contribution in [0.5, 0.6) is 0 Å². The third kappa shape index (κ3) is 4.29.